The highest BCUT2D eigenvalue weighted by Gasteiger charge is 2.50. The van der Waals surface area contributed by atoms with Gasteiger partial charge in [-0.05, 0) is 19.9 Å². The summed E-state index contributed by atoms with van der Waals surface area (Å²) in [4.78, 5) is 76.3. The number of phenolic OH excluding ortho intramolecular Hbond substituents is 2. The number of ketones is 4. The number of phenols is 2. The summed E-state index contributed by atoms with van der Waals surface area (Å²) in [7, 11) is 1.30. The lowest BCUT2D eigenvalue weighted by Gasteiger charge is -2.42. The van der Waals surface area contributed by atoms with Gasteiger partial charge in [0, 0.05) is 54.8 Å². The predicted molar refractivity (Wildman–Crippen MR) is 169 cm³/mol. The van der Waals surface area contributed by atoms with Gasteiger partial charge in [0.2, 0.25) is 17.5 Å². The topological polar surface area (TPSA) is 258 Å². The van der Waals surface area contributed by atoms with Crippen LogP contribution in [0.4, 0.5) is 0 Å². The first-order chi connectivity index (χ1) is 23.6. The molecule has 0 saturated carbocycles. The van der Waals surface area contributed by atoms with Crippen molar-refractivity contribution >= 4 is 35.0 Å². The molecule has 16 heteroatoms. The first-order valence-electron chi connectivity index (χ1n) is 15.9. The van der Waals surface area contributed by atoms with Crippen LogP contribution in [-0.4, -0.2) is 106 Å². The second-order valence-corrected chi connectivity index (χ2v) is 12.6. The molecule has 1 fully saturated rings. The third-order valence-corrected chi connectivity index (χ3v) is 9.16. The van der Waals surface area contributed by atoms with Crippen LogP contribution in [0.15, 0.2) is 18.2 Å². The third-order valence-electron chi connectivity index (χ3n) is 9.16. The molecule has 16 nitrogen and oxygen atoms in total. The number of Topliss-reactive ketones (excluding diaryl/α,β-unsaturated/α-hetero) is 2. The summed E-state index contributed by atoms with van der Waals surface area (Å²) in [5, 5.41) is 47.6. The fraction of sp³-hybridized carbons (Fsp3) is 0.471. The van der Waals surface area contributed by atoms with Crippen LogP contribution in [0.5, 0.6) is 17.2 Å². The molecule has 0 aromatic heterocycles. The van der Waals surface area contributed by atoms with E-state index in [4.69, 9.17) is 24.7 Å². The molecule has 7 N–H and O–H groups in total. The highest BCUT2D eigenvalue weighted by Crippen LogP contribution is 2.52. The van der Waals surface area contributed by atoms with Gasteiger partial charge in [-0.15, -0.1) is 0 Å². The number of benzene rings is 2. The van der Waals surface area contributed by atoms with Crippen molar-refractivity contribution in [1.82, 2.24) is 5.32 Å². The number of rotatable bonds is 11. The van der Waals surface area contributed by atoms with Crippen LogP contribution < -0.4 is 15.8 Å². The molecule has 2 aliphatic carbocycles. The molecule has 5 rings (SSSR count). The number of hydrogen-bond donors (Lipinski definition) is 6. The number of aromatic hydroxyl groups is 2. The number of ether oxygens (including phenoxy) is 4. The zero-order valence-corrected chi connectivity index (χ0v) is 27.5. The van der Waals surface area contributed by atoms with Gasteiger partial charge in [-0.2, -0.15) is 0 Å². The molecule has 3 aliphatic rings. The van der Waals surface area contributed by atoms with E-state index in [0.717, 1.165) is 0 Å². The summed E-state index contributed by atoms with van der Waals surface area (Å²) < 4.78 is 22.2. The van der Waals surface area contributed by atoms with Gasteiger partial charge in [-0.25, -0.2) is 0 Å². The Bertz CT molecular complexity index is 1760. The smallest absolute Gasteiger partial charge is 0.325 e. The summed E-state index contributed by atoms with van der Waals surface area (Å²) >= 11 is 0. The molecule has 0 radical (unpaired) electrons. The van der Waals surface area contributed by atoms with Gasteiger partial charge < -0.3 is 55.2 Å². The summed E-state index contributed by atoms with van der Waals surface area (Å²) in [6.07, 6.45) is -5.99. The molecular formula is C34H38N2O14. The average molecular weight is 699 g/mol. The van der Waals surface area contributed by atoms with Crippen LogP contribution in [0.25, 0.3) is 0 Å². The lowest BCUT2D eigenvalue weighted by atomic mass is 9.72. The Morgan fingerprint density at radius 1 is 1.06 bits per heavy atom. The highest BCUT2D eigenvalue weighted by molar-refractivity contribution is 6.31. The zero-order chi connectivity index (χ0) is 36.7. The number of nitrogens with one attached hydrogen (secondary N) is 1. The maximum Gasteiger partial charge on any atom is 0.325 e. The van der Waals surface area contributed by atoms with Crippen molar-refractivity contribution in [2.24, 2.45) is 5.73 Å². The molecule has 5 unspecified atom stereocenters. The molecule has 1 amide bonds. The molecule has 1 aliphatic heterocycles. The predicted octanol–water partition coefficient (Wildman–Crippen LogP) is 0.0376. The zero-order valence-electron chi connectivity index (χ0n) is 27.5. The summed E-state index contributed by atoms with van der Waals surface area (Å²) in [5.74, 6) is -6.00. The van der Waals surface area contributed by atoms with Crippen LogP contribution in [0.2, 0.25) is 0 Å². The largest absolute Gasteiger partial charge is 0.507 e. The first-order valence-corrected chi connectivity index (χ1v) is 15.9. The number of carbonyl (C=O) groups excluding carboxylic acids is 6. The Kier molecular flexibility index (Phi) is 10.4. The van der Waals surface area contributed by atoms with Crippen LogP contribution in [-0.2, 0) is 39.8 Å². The van der Waals surface area contributed by atoms with Gasteiger partial charge in [0.25, 0.3) is 0 Å². The molecule has 0 spiro atoms. The SMILES string of the molecule is COc1cccc2c1C(=O)c1c(O)c3c(c(O)c1C2=O)CC(O)(C(=O)COC(=O)CNC(=O)CCC(C)=O)C[C@H]3OC1CC(N)C(O)C(C)O1. The van der Waals surface area contributed by atoms with Gasteiger partial charge in [-0.1, -0.05) is 12.1 Å². The number of amides is 1. The standard InChI is InChI=1S/C34H38N2O14/c1-14(37)7-8-22(39)36-12-23(40)48-13-21(38)34(46)10-17-26(20(11-34)50-24-9-18(35)29(41)15(2)49-24)33(45)28-27(31(17)43)30(42)16-5-4-6-19(47-3)25(16)32(28)44/h4-6,15,18,20,24,29,41,43,45-46H,7-13,35H2,1-3H3,(H,36,39)/t15?,18?,20-,24?,29?,34?/m1/s1. The van der Waals surface area contributed by atoms with Gasteiger partial charge >= 0.3 is 5.97 Å². The molecule has 0 bridgehead atoms. The van der Waals surface area contributed by atoms with Crippen LogP contribution in [0.1, 0.15) is 88.6 Å². The minimum atomic E-state index is -2.42. The van der Waals surface area contributed by atoms with Crippen molar-refractivity contribution in [3.63, 3.8) is 0 Å². The highest BCUT2D eigenvalue weighted by atomic mass is 16.7. The number of esters is 1. The normalized spacial score (nSPS) is 25.5. The second kappa shape index (κ2) is 14.2. The van der Waals surface area contributed by atoms with E-state index in [1.54, 1.807) is 6.92 Å². The summed E-state index contributed by atoms with van der Waals surface area (Å²) in [6, 6.07) is 3.47. The molecule has 6 atom stereocenters. The number of carbonyl (C=O) groups is 6. The molecular weight excluding hydrogens is 660 g/mol. The number of aliphatic hydroxyl groups excluding tert-OH is 1. The van der Waals surface area contributed by atoms with Crippen molar-refractivity contribution < 1.29 is 68.1 Å². The van der Waals surface area contributed by atoms with E-state index in [2.05, 4.69) is 5.32 Å². The van der Waals surface area contributed by atoms with E-state index >= 15 is 0 Å². The molecule has 2 aromatic carbocycles. The lowest BCUT2D eigenvalue weighted by Crippen LogP contribution is -2.53. The van der Waals surface area contributed by atoms with Crippen LogP contribution >= 0.6 is 0 Å². The molecule has 50 heavy (non-hydrogen) atoms. The molecule has 2 aromatic rings. The summed E-state index contributed by atoms with van der Waals surface area (Å²) in [5.41, 5.74) is 1.84. The van der Waals surface area contributed by atoms with E-state index < -0.39 is 114 Å². The lowest BCUT2D eigenvalue weighted by molar-refractivity contribution is -0.247. The Morgan fingerprint density at radius 2 is 1.76 bits per heavy atom. The number of fused-ring (bicyclic) bond motifs is 3. The Morgan fingerprint density at radius 3 is 2.42 bits per heavy atom. The van der Waals surface area contributed by atoms with Crippen LogP contribution in [0.3, 0.4) is 0 Å². The third kappa shape index (κ3) is 6.84. The fourth-order valence-electron chi connectivity index (χ4n) is 6.48. The first kappa shape index (κ1) is 36.5. The van der Waals surface area contributed by atoms with E-state index in [1.165, 1.54) is 32.2 Å². The molecule has 1 heterocycles. The van der Waals surface area contributed by atoms with Crippen molar-refractivity contribution in [3.8, 4) is 17.2 Å². The van der Waals surface area contributed by atoms with Crippen LogP contribution in [0, 0.1) is 0 Å². The minimum Gasteiger partial charge on any atom is -0.507 e. The minimum absolute atomic E-state index is 0.0273. The molecule has 1 saturated heterocycles. The number of aliphatic hydroxyl groups is 2. The number of hydrogen-bond acceptors (Lipinski definition) is 15. The van der Waals surface area contributed by atoms with Gasteiger partial charge in [0.05, 0.1) is 42.1 Å². The van der Waals surface area contributed by atoms with E-state index in [-0.39, 0.29) is 53.0 Å². The fourth-order valence-corrected chi connectivity index (χ4v) is 6.48. The van der Waals surface area contributed by atoms with E-state index in [1.807, 2.05) is 0 Å². The Hall–Kier alpha value is -4.74. The Balaban J connectivity index is 1.49. The van der Waals surface area contributed by atoms with Gasteiger partial charge in [0.1, 0.15) is 35.2 Å². The summed E-state index contributed by atoms with van der Waals surface area (Å²) in [6.45, 7) is 1.26. The van der Waals surface area contributed by atoms with Crippen molar-refractivity contribution in [2.75, 3.05) is 20.3 Å². The maximum absolute atomic E-state index is 13.9. The van der Waals surface area contributed by atoms with Crippen molar-refractivity contribution in [1.29, 1.82) is 0 Å². The quantitative estimate of drug-likeness (QED) is 0.114. The van der Waals surface area contributed by atoms with E-state index in [0.29, 0.717) is 0 Å². The maximum atomic E-state index is 13.9. The number of methoxy groups -OCH3 is 1. The van der Waals surface area contributed by atoms with E-state index in [9.17, 15) is 49.2 Å². The monoisotopic (exact) mass is 698 g/mol. The average Bonchev–Trinajstić information content (AvgIpc) is 3.07. The second-order valence-electron chi connectivity index (χ2n) is 12.6. The number of nitrogens with two attached hydrogens (primary N) is 1. The van der Waals surface area contributed by atoms with Crippen molar-refractivity contribution in [2.45, 2.75) is 82.2 Å². The Labute approximate surface area is 285 Å². The van der Waals surface area contributed by atoms with Gasteiger partial charge in [-0.3, -0.25) is 24.0 Å². The molecule has 268 valence electrons. The van der Waals surface area contributed by atoms with Crippen molar-refractivity contribution in [3.05, 3.63) is 51.6 Å². The van der Waals surface area contributed by atoms with Gasteiger partial charge in [0.15, 0.2) is 18.7 Å².